The zero-order valence-electron chi connectivity index (χ0n) is 21.7. The molecule has 5 rings (SSSR count). The minimum absolute atomic E-state index is 0.0169. The average molecular weight is 570 g/mol. The molecule has 8 nitrogen and oxygen atoms in total. The number of ether oxygens (including phenoxy) is 2. The number of nitrogen functional groups attached to an aromatic ring is 1. The van der Waals surface area contributed by atoms with E-state index in [1.807, 2.05) is 0 Å². The van der Waals surface area contributed by atoms with Crippen LogP contribution < -0.4 is 25.8 Å². The van der Waals surface area contributed by atoms with Crippen molar-refractivity contribution >= 4 is 38.7 Å². The van der Waals surface area contributed by atoms with Gasteiger partial charge in [-0.3, -0.25) is 4.79 Å². The number of amides is 1. The van der Waals surface area contributed by atoms with Crippen molar-refractivity contribution in [2.24, 2.45) is 5.41 Å². The average Bonchev–Trinajstić information content (AvgIpc) is 3.32. The smallest absolute Gasteiger partial charge is 0.246 e. The molecule has 1 atom stereocenters. The fourth-order valence-electron chi connectivity index (χ4n) is 5.75. The molecule has 3 aromatic carbocycles. The van der Waals surface area contributed by atoms with Crippen LogP contribution in [0.3, 0.4) is 0 Å². The molecule has 1 aliphatic heterocycles. The highest BCUT2D eigenvalue weighted by Crippen LogP contribution is 2.55. The van der Waals surface area contributed by atoms with E-state index in [9.17, 15) is 13.2 Å². The minimum atomic E-state index is -4.16. The van der Waals surface area contributed by atoms with Crippen molar-refractivity contribution in [1.29, 1.82) is 0 Å². The lowest BCUT2D eigenvalue weighted by Gasteiger charge is -2.36. The highest BCUT2D eigenvalue weighted by atomic mass is 35.5. The first-order chi connectivity index (χ1) is 18.7. The van der Waals surface area contributed by atoms with Gasteiger partial charge in [0.05, 0.1) is 28.4 Å². The number of hydrogen-bond acceptors (Lipinski definition) is 7. The summed E-state index contributed by atoms with van der Waals surface area (Å²) in [6.07, 6.45) is 2.75. The molecule has 1 spiro atoms. The standard InChI is InChI=1S/C29H32ClN3O5S/c1-37-20-6-8-21(9-7-20)38-26-11-10-22(18-23(26)30)39(35,36)29(13-12-28(19-29)14-16-32-17-15-28)27(34)33-25-5-3-2-4-24(25)31/h2-11,18,32H,12-17,19,31H2,1H3,(H,33,34). The van der Waals surface area contributed by atoms with E-state index in [0.717, 1.165) is 25.9 Å². The van der Waals surface area contributed by atoms with Gasteiger partial charge in [0.2, 0.25) is 5.91 Å². The van der Waals surface area contributed by atoms with Gasteiger partial charge in [-0.05, 0) is 105 Å². The lowest BCUT2D eigenvalue weighted by Crippen LogP contribution is -2.49. The van der Waals surface area contributed by atoms with Gasteiger partial charge in [0, 0.05) is 0 Å². The van der Waals surface area contributed by atoms with Crippen LogP contribution in [-0.2, 0) is 14.6 Å². The molecule has 1 heterocycles. The molecule has 10 heteroatoms. The fraction of sp³-hybridized carbons (Fsp3) is 0.345. The quantitative estimate of drug-likeness (QED) is 0.325. The first kappa shape index (κ1) is 27.3. The molecule has 206 valence electrons. The van der Waals surface area contributed by atoms with Crippen molar-refractivity contribution in [2.45, 2.75) is 41.7 Å². The Labute approximate surface area is 233 Å². The van der Waals surface area contributed by atoms with Crippen LogP contribution in [0, 0.1) is 5.41 Å². The lowest BCUT2D eigenvalue weighted by atomic mass is 9.77. The van der Waals surface area contributed by atoms with E-state index in [-0.39, 0.29) is 28.2 Å². The molecule has 4 N–H and O–H groups in total. The molecule has 39 heavy (non-hydrogen) atoms. The number of carbonyl (C=O) groups is 1. The number of nitrogens with two attached hydrogens (primary N) is 1. The number of rotatable bonds is 7. The number of hydrogen-bond donors (Lipinski definition) is 3. The summed E-state index contributed by atoms with van der Waals surface area (Å²) in [5.41, 5.74) is 6.61. The van der Waals surface area contributed by atoms with Crippen LogP contribution in [0.1, 0.15) is 32.1 Å². The molecule has 0 radical (unpaired) electrons. The van der Waals surface area contributed by atoms with Crippen LogP contribution in [0.15, 0.2) is 71.6 Å². The predicted molar refractivity (Wildman–Crippen MR) is 152 cm³/mol. The molecular weight excluding hydrogens is 538 g/mol. The Bertz CT molecular complexity index is 1470. The largest absolute Gasteiger partial charge is 0.497 e. The Morgan fingerprint density at radius 3 is 2.33 bits per heavy atom. The van der Waals surface area contributed by atoms with Crippen LogP contribution in [0.4, 0.5) is 11.4 Å². The van der Waals surface area contributed by atoms with Gasteiger partial charge in [-0.2, -0.15) is 0 Å². The number of nitrogens with one attached hydrogen (secondary N) is 2. The molecule has 3 aromatic rings. The van der Waals surface area contributed by atoms with E-state index >= 15 is 0 Å². The Kier molecular flexibility index (Phi) is 7.50. The summed E-state index contributed by atoms with van der Waals surface area (Å²) in [5, 5.41) is 6.31. The molecule has 1 saturated heterocycles. The normalized spacial score (nSPS) is 20.5. The van der Waals surface area contributed by atoms with Crippen molar-refractivity contribution in [2.75, 3.05) is 31.2 Å². The number of anilines is 2. The third-order valence-corrected chi connectivity index (χ3v) is 10.8. The van der Waals surface area contributed by atoms with Crippen molar-refractivity contribution in [3.8, 4) is 17.2 Å². The molecular formula is C29H32ClN3O5S. The third-order valence-electron chi connectivity index (χ3n) is 8.02. The van der Waals surface area contributed by atoms with Crippen molar-refractivity contribution in [1.82, 2.24) is 5.32 Å². The molecule has 2 fully saturated rings. The van der Waals surface area contributed by atoms with Gasteiger partial charge in [-0.1, -0.05) is 23.7 Å². The van der Waals surface area contributed by atoms with Crippen LogP contribution >= 0.6 is 11.6 Å². The number of methoxy groups -OCH3 is 1. The molecule has 1 saturated carbocycles. The maximum atomic E-state index is 14.4. The number of sulfone groups is 1. The van der Waals surface area contributed by atoms with Crippen LogP contribution in [0.2, 0.25) is 5.02 Å². The van der Waals surface area contributed by atoms with Gasteiger partial charge >= 0.3 is 0 Å². The number of para-hydroxylation sites is 2. The number of benzene rings is 3. The zero-order chi connectivity index (χ0) is 27.7. The molecule has 0 bridgehead atoms. The SMILES string of the molecule is COc1ccc(Oc2ccc(S(=O)(=O)C3(C(=O)Nc4ccccc4N)CCC4(CCNCC4)C3)cc2Cl)cc1. The van der Waals surface area contributed by atoms with E-state index in [2.05, 4.69) is 10.6 Å². The van der Waals surface area contributed by atoms with Crippen LogP contribution in [0.25, 0.3) is 0 Å². The molecule has 1 amide bonds. The number of halogens is 1. The van der Waals surface area contributed by atoms with Gasteiger partial charge in [-0.25, -0.2) is 8.42 Å². The van der Waals surface area contributed by atoms with Crippen LogP contribution in [-0.4, -0.2) is 39.3 Å². The van der Waals surface area contributed by atoms with Gasteiger partial charge in [0.25, 0.3) is 0 Å². The highest BCUT2D eigenvalue weighted by molar-refractivity contribution is 7.93. The lowest BCUT2D eigenvalue weighted by molar-refractivity contribution is -0.118. The van der Waals surface area contributed by atoms with Gasteiger partial charge in [0.15, 0.2) is 14.6 Å². The third kappa shape index (κ3) is 5.18. The summed E-state index contributed by atoms with van der Waals surface area (Å²) < 4.78 is 38.1. The minimum Gasteiger partial charge on any atom is -0.497 e. The van der Waals surface area contributed by atoms with Gasteiger partial charge < -0.3 is 25.8 Å². The Balaban J connectivity index is 1.49. The van der Waals surface area contributed by atoms with E-state index < -0.39 is 20.5 Å². The molecule has 1 unspecified atom stereocenters. The summed E-state index contributed by atoms with van der Waals surface area (Å²) in [4.78, 5) is 13.9. The van der Waals surface area contributed by atoms with E-state index in [1.165, 1.54) is 18.2 Å². The maximum Gasteiger partial charge on any atom is 0.246 e. The maximum absolute atomic E-state index is 14.4. The summed E-state index contributed by atoms with van der Waals surface area (Å²) in [6, 6.07) is 18.2. The summed E-state index contributed by atoms with van der Waals surface area (Å²) >= 11 is 6.53. The van der Waals surface area contributed by atoms with E-state index in [1.54, 1.807) is 55.6 Å². The van der Waals surface area contributed by atoms with Crippen molar-refractivity contribution in [3.05, 3.63) is 71.8 Å². The monoisotopic (exact) mass is 569 g/mol. The van der Waals surface area contributed by atoms with Gasteiger partial charge in [0.1, 0.15) is 17.2 Å². The second-order valence-corrected chi connectivity index (χ2v) is 13.0. The van der Waals surface area contributed by atoms with E-state index in [4.69, 9.17) is 26.8 Å². The zero-order valence-corrected chi connectivity index (χ0v) is 23.3. The van der Waals surface area contributed by atoms with E-state index in [0.29, 0.717) is 35.0 Å². The molecule has 0 aromatic heterocycles. The fourth-order valence-corrected chi connectivity index (χ4v) is 8.17. The first-order valence-corrected chi connectivity index (χ1v) is 14.8. The first-order valence-electron chi connectivity index (χ1n) is 12.9. The second-order valence-electron chi connectivity index (χ2n) is 10.3. The van der Waals surface area contributed by atoms with Gasteiger partial charge in [-0.15, -0.1) is 0 Å². The Morgan fingerprint density at radius 1 is 0.974 bits per heavy atom. The Morgan fingerprint density at radius 2 is 1.67 bits per heavy atom. The summed E-state index contributed by atoms with van der Waals surface area (Å²) in [7, 11) is -2.58. The second kappa shape index (κ2) is 10.7. The number of carbonyl (C=O) groups excluding carboxylic acids is 1. The molecule has 2 aliphatic rings. The predicted octanol–water partition coefficient (Wildman–Crippen LogP) is 5.43. The van der Waals surface area contributed by atoms with Crippen molar-refractivity contribution in [3.63, 3.8) is 0 Å². The number of piperidine rings is 1. The van der Waals surface area contributed by atoms with Crippen LogP contribution in [0.5, 0.6) is 17.2 Å². The summed E-state index contributed by atoms with van der Waals surface area (Å²) in [6.45, 7) is 1.60. The summed E-state index contributed by atoms with van der Waals surface area (Å²) in [5.74, 6) is 0.940. The van der Waals surface area contributed by atoms with Crippen molar-refractivity contribution < 1.29 is 22.7 Å². The topological polar surface area (TPSA) is 120 Å². The molecule has 1 aliphatic carbocycles. The highest BCUT2D eigenvalue weighted by Gasteiger charge is 2.60. The Hall–Kier alpha value is -3.27.